The number of nitrogens with zero attached hydrogens (tertiary/aromatic N) is 1. The first kappa shape index (κ1) is 16.7. The molecule has 1 atom stereocenters. The standard InChI is InChI=1S/C16H33IN/c1-3-5-6-7-8-9-10-13-16(17)18(4-2)14-11-12-15-18/h16H,3-15H2,1-2H3/q+1. The van der Waals surface area contributed by atoms with E-state index in [0.717, 1.165) is 4.05 Å². The van der Waals surface area contributed by atoms with Gasteiger partial charge < -0.3 is 4.48 Å². The average molecular weight is 366 g/mol. The van der Waals surface area contributed by atoms with Crippen LogP contribution >= 0.6 is 22.6 Å². The Bertz CT molecular complexity index is 199. The highest BCUT2D eigenvalue weighted by molar-refractivity contribution is 14.1. The van der Waals surface area contributed by atoms with Crippen LogP contribution in [0.15, 0.2) is 0 Å². The Labute approximate surface area is 128 Å². The number of hydrogen-bond donors (Lipinski definition) is 0. The largest absolute Gasteiger partial charge is 0.313 e. The van der Waals surface area contributed by atoms with Gasteiger partial charge in [-0.2, -0.15) is 0 Å². The second-order valence-electron chi connectivity index (χ2n) is 6.03. The summed E-state index contributed by atoms with van der Waals surface area (Å²) >= 11 is 2.74. The molecule has 0 aromatic carbocycles. The molecule has 1 fully saturated rings. The molecule has 1 unspecified atom stereocenters. The van der Waals surface area contributed by atoms with Crippen LogP contribution in [0.3, 0.4) is 0 Å². The first-order valence-electron chi connectivity index (χ1n) is 8.25. The van der Waals surface area contributed by atoms with E-state index in [2.05, 4.69) is 36.4 Å². The first-order valence-corrected chi connectivity index (χ1v) is 9.49. The molecule has 0 aliphatic carbocycles. The number of halogens is 1. The van der Waals surface area contributed by atoms with E-state index in [9.17, 15) is 0 Å². The monoisotopic (exact) mass is 366 g/mol. The van der Waals surface area contributed by atoms with Crippen molar-refractivity contribution in [3.63, 3.8) is 0 Å². The molecule has 0 spiro atoms. The normalized spacial score (nSPS) is 20.2. The van der Waals surface area contributed by atoms with Crippen molar-refractivity contribution in [1.29, 1.82) is 0 Å². The van der Waals surface area contributed by atoms with Crippen LogP contribution in [0.1, 0.15) is 78.1 Å². The number of quaternary nitrogens is 1. The summed E-state index contributed by atoms with van der Waals surface area (Å²) in [4.78, 5) is 0. The quantitative estimate of drug-likeness (QED) is 0.157. The van der Waals surface area contributed by atoms with Gasteiger partial charge in [0.05, 0.1) is 19.6 Å². The maximum atomic E-state index is 2.74. The van der Waals surface area contributed by atoms with Gasteiger partial charge in [-0.05, 0) is 35.9 Å². The van der Waals surface area contributed by atoms with Crippen LogP contribution in [0.25, 0.3) is 0 Å². The van der Waals surface area contributed by atoms with E-state index in [-0.39, 0.29) is 0 Å². The van der Waals surface area contributed by atoms with Gasteiger partial charge in [0.1, 0.15) is 4.05 Å². The highest BCUT2D eigenvalue weighted by Crippen LogP contribution is 2.30. The zero-order valence-corrected chi connectivity index (χ0v) is 14.8. The summed E-state index contributed by atoms with van der Waals surface area (Å²) in [6.45, 7) is 8.93. The van der Waals surface area contributed by atoms with E-state index in [0.29, 0.717) is 0 Å². The fourth-order valence-electron chi connectivity index (χ4n) is 3.30. The van der Waals surface area contributed by atoms with E-state index in [1.807, 2.05) is 0 Å². The highest BCUT2D eigenvalue weighted by atomic mass is 127. The second-order valence-corrected chi connectivity index (χ2v) is 7.47. The molecule has 1 nitrogen and oxygen atoms in total. The smallest absolute Gasteiger partial charge is 0.139 e. The highest BCUT2D eigenvalue weighted by Gasteiger charge is 2.36. The zero-order valence-electron chi connectivity index (χ0n) is 12.6. The molecule has 0 saturated carbocycles. The van der Waals surface area contributed by atoms with Crippen LogP contribution in [-0.2, 0) is 0 Å². The molecule has 1 rings (SSSR count). The Kier molecular flexibility index (Phi) is 8.90. The van der Waals surface area contributed by atoms with Crippen molar-refractivity contribution in [1.82, 2.24) is 0 Å². The maximum absolute atomic E-state index is 2.74. The van der Waals surface area contributed by atoms with Gasteiger partial charge in [-0.3, -0.25) is 0 Å². The van der Waals surface area contributed by atoms with Crippen LogP contribution in [0.2, 0.25) is 0 Å². The molecule has 18 heavy (non-hydrogen) atoms. The second kappa shape index (κ2) is 9.57. The Morgan fingerprint density at radius 1 is 0.889 bits per heavy atom. The summed E-state index contributed by atoms with van der Waals surface area (Å²) in [6.07, 6.45) is 14.5. The molecular weight excluding hydrogens is 333 g/mol. The number of alkyl halides is 1. The van der Waals surface area contributed by atoms with Crippen molar-refractivity contribution in [2.75, 3.05) is 19.6 Å². The van der Waals surface area contributed by atoms with Crippen LogP contribution in [0, 0.1) is 0 Å². The molecule has 0 aromatic heterocycles. The first-order chi connectivity index (χ1) is 8.75. The lowest BCUT2D eigenvalue weighted by molar-refractivity contribution is -0.921. The van der Waals surface area contributed by atoms with Crippen LogP contribution in [0.5, 0.6) is 0 Å². The van der Waals surface area contributed by atoms with Crippen molar-refractivity contribution in [3.05, 3.63) is 0 Å². The summed E-state index contributed by atoms with van der Waals surface area (Å²) in [5.41, 5.74) is 0. The molecule has 1 aliphatic heterocycles. The Morgan fingerprint density at radius 3 is 2.00 bits per heavy atom. The number of hydrogen-bond acceptors (Lipinski definition) is 0. The SMILES string of the molecule is CCCCCCCCCC(I)[N+]1(CC)CCCC1. The fourth-order valence-corrected chi connectivity index (χ4v) is 4.69. The van der Waals surface area contributed by atoms with E-state index >= 15 is 0 Å². The molecule has 1 aliphatic rings. The maximum Gasteiger partial charge on any atom is 0.139 e. The summed E-state index contributed by atoms with van der Waals surface area (Å²) in [5, 5.41) is 0. The van der Waals surface area contributed by atoms with E-state index in [1.165, 1.54) is 88.3 Å². The van der Waals surface area contributed by atoms with Crippen molar-refractivity contribution in [2.45, 2.75) is 82.1 Å². The molecule has 0 aromatic rings. The lowest BCUT2D eigenvalue weighted by Crippen LogP contribution is -2.50. The molecule has 0 amide bonds. The number of rotatable bonds is 10. The molecule has 0 N–H and O–H groups in total. The van der Waals surface area contributed by atoms with Crippen molar-refractivity contribution in [2.24, 2.45) is 0 Å². The van der Waals surface area contributed by atoms with Crippen molar-refractivity contribution >= 4 is 22.6 Å². The van der Waals surface area contributed by atoms with E-state index in [1.54, 1.807) is 0 Å². The third-order valence-electron chi connectivity index (χ3n) is 4.73. The van der Waals surface area contributed by atoms with Gasteiger partial charge in [0.2, 0.25) is 0 Å². The van der Waals surface area contributed by atoms with Crippen LogP contribution < -0.4 is 0 Å². The molecule has 0 radical (unpaired) electrons. The van der Waals surface area contributed by atoms with Gasteiger partial charge in [-0.1, -0.05) is 45.4 Å². The lowest BCUT2D eigenvalue weighted by Gasteiger charge is -2.38. The van der Waals surface area contributed by atoms with Crippen molar-refractivity contribution in [3.8, 4) is 0 Å². The van der Waals surface area contributed by atoms with E-state index < -0.39 is 0 Å². The van der Waals surface area contributed by atoms with Gasteiger partial charge in [0, 0.05) is 19.3 Å². The minimum absolute atomic E-state index is 0.880. The molecule has 1 heterocycles. The van der Waals surface area contributed by atoms with Gasteiger partial charge in [0.15, 0.2) is 0 Å². The van der Waals surface area contributed by atoms with Gasteiger partial charge >= 0.3 is 0 Å². The third kappa shape index (κ3) is 5.36. The molecule has 2 heteroatoms. The third-order valence-corrected chi connectivity index (χ3v) is 6.53. The van der Waals surface area contributed by atoms with Gasteiger partial charge in [-0.15, -0.1) is 0 Å². The molecular formula is C16H33IN+. The van der Waals surface area contributed by atoms with Crippen molar-refractivity contribution < 1.29 is 4.48 Å². The predicted molar refractivity (Wildman–Crippen MR) is 90.2 cm³/mol. The molecule has 1 saturated heterocycles. The van der Waals surface area contributed by atoms with Crippen LogP contribution in [-0.4, -0.2) is 28.2 Å². The molecule has 108 valence electrons. The lowest BCUT2D eigenvalue weighted by atomic mass is 10.1. The predicted octanol–water partition coefficient (Wildman–Crippen LogP) is 5.52. The minimum atomic E-state index is 0.880. The van der Waals surface area contributed by atoms with E-state index in [4.69, 9.17) is 0 Å². The summed E-state index contributed by atoms with van der Waals surface area (Å²) in [6, 6.07) is 0. The Hall–Kier alpha value is 0.690. The topological polar surface area (TPSA) is 0 Å². The Morgan fingerprint density at radius 2 is 1.44 bits per heavy atom. The minimum Gasteiger partial charge on any atom is -0.313 e. The summed E-state index contributed by atoms with van der Waals surface area (Å²) < 4.78 is 2.29. The number of unbranched alkanes of at least 4 members (excludes halogenated alkanes) is 6. The average Bonchev–Trinajstić information content (AvgIpc) is 2.87. The molecule has 0 bridgehead atoms. The summed E-state index contributed by atoms with van der Waals surface area (Å²) in [5.74, 6) is 0. The van der Waals surface area contributed by atoms with Gasteiger partial charge in [0.25, 0.3) is 0 Å². The Balaban J connectivity index is 2.07. The van der Waals surface area contributed by atoms with Crippen LogP contribution in [0.4, 0.5) is 0 Å². The van der Waals surface area contributed by atoms with Gasteiger partial charge in [-0.25, -0.2) is 0 Å². The zero-order chi connectivity index (χ0) is 13.3. The number of likely N-dealkylation sites (tertiary alicyclic amines) is 1. The summed E-state index contributed by atoms with van der Waals surface area (Å²) in [7, 11) is 0. The fraction of sp³-hybridized carbons (Fsp3) is 1.00.